The molecule has 1 aromatic carbocycles. The first-order valence-corrected chi connectivity index (χ1v) is 10.4. The van der Waals surface area contributed by atoms with Crippen molar-refractivity contribution in [3.05, 3.63) is 36.7 Å². The Hall–Kier alpha value is -2.68. The average Bonchev–Trinajstić information content (AvgIpc) is 3.23. The van der Waals surface area contributed by atoms with Gasteiger partial charge in [-0.2, -0.15) is 8.78 Å². The zero-order chi connectivity index (χ0) is 20.9. The number of hydrogen-bond donors (Lipinski definition) is 2. The topological polar surface area (TPSA) is 73.8 Å². The first-order chi connectivity index (χ1) is 14.6. The van der Waals surface area contributed by atoms with E-state index in [1.807, 2.05) is 18.2 Å². The molecule has 2 aliphatic heterocycles. The highest BCUT2D eigenvalue weighted by Crippen LogP contribution is 2.27. The molecule has 0 spiro atoms. The number of alkyl halides is 2. The van der Waals surface area contributed by atoms with Crippen LogP contribution < -0.4 is 19.9 Å². The molecule has 2 unspecified atom stereocenters. The van der Waals surface area contributed by atoms with E-state index in [2.05, 4.69) is 29.8 Å². The molecule has 4 rings (SSSR count). The van der Waals surface area contributed by atoms with Crippen LogP contribution in [-0.4, -0.2) is 60.0 Å². The molecular weight excluding hydrogens is 392 g/mol. The van der Waals surface area contributed by atoms with Gasteiger partial charge in [-0.05, 0) is 49.9 Å². The molecule has 162 valence electrons. The summed E-state index contributed by atoms with van der Waals surface area (Å²) in [6, 6.07) is 9.05. The van der Waals surface area contributed by atoms with Gasteiger partial charge in [0.25, 0.3) is 0 Å². The van der Waals surface area contributed by atoms with Crippen molar-refractivity contribution < 1.29 is 18.6 Å². The molecule has 0 radical (unpaired) electrons. The molecule has 2 N–H and O–H groups in total. The lowest BCUT2D eigenvalue weighted by Crippen LogP contribution is -2.42. The van der Waals surface area contributed by atoms with Crippen LogP contribution in [0, 0.1) is 0 Å². The van der Waals surface area contributed by atoms with Crippen molar-refractivity contribution in [3.63, 3.8) is 0 Å². The highest BCUT2D eigenvalue weighted by molar-refractivity contribution is 5.52. The van der Waals surface area contributed by atoms with E-state index in [0.29, 0.717) is 0 Å². The Morgan fingerprint density at radius 1 is 1.13 bits per heavy atom. The summed E-state index contributed by atoms with van der Waals surface area (Å²) >= 11 is 0. The number of aliphatic hydroxyl groups is 1. The number of nitrogens with zero attached hydrogens (tertiary/aromatic N) is 4. The van der Waals surface area contributed by atoms with E-state index in [1.54, 1.807) is 18.5 Å². The molecule has 2 aliphatic rings. The minimum absolute atomic E-state index is 0.120. The largest absolute Gasteiger partial charge is 0.435 e. The fraction of sp³-hybridized carbons (Fsp3) is 0.524. The zero-order valence-corrected chi connectivity index (χ0v) is 16.8. The van der Waals surface area contributed by atoms with Crippen molar-refractivity contribution in [1.82, 2.24) is 9.97 Å². The van der Waals surface area contributed by atoms with E-state index in [1.165, 1.54) is 0 Å². The highest BCUT2D eigenvalue weighted by atomic mass is 19.3. The Bertz CT molecular complexity index is 823. The number of rotatable bonds is 7. The van der Waals surface area contributed by atoms with Gasteiger partial charge in [0.05, 0.1) is 12.6 Å². The van der Waals surface area contributed by atoms with Crippen LogP contribution in [0.2, 0.25) is 0 Å². The first-order valence-electron chi connectivity index (χ1n) is 10.4. The quantitative estimate of drug-likeness (QED) is 0.714. The molecule has 7 nitrogen and oxygen atoms in total. The number of anilines is 3. The van der Waals surface area contributed by atoms with Gasteiger partial charge in [-0.3, -0.25) is 0 Å². The molecule has 0 saturated carbocycles. The number of hydrogen-bond acceptors (Lipinski definition) is 7. The molecule has 3 heterocycles. The van der Waals surface area contributed by atoms with Crippen LogP contribution in [0.3, 0.4) is 0 Å². The molecule has 2 saturated heterocycles. The molecule has 1 aromatic heterocycles. The van der Waals surface area contributed by atoms with Crippen LogP contribution in [0.1, 0.15) is 25.7 Å². The van der Waals surface area contributed by atoms with Gasteiger partial charge in [-0.1, -0.05) is 0 Å². The Kier molecular flexibility index (Phi) is 6.47. The van der Waals surface area contributed by atoms with Crippen molar-refractivity contribution in [2.24, 2.45) is 0 Å². The standard InChI is InChI=1S/C21H27F2N5O2/c22-21(23)30-18-7-5-16(6-8-18)27-9-1-3-15(12-27)26-19-11-20(25-14-24-19)28-10-2-4-17(28)13-29/h5-8,11,14-15,17,21,29H,1-4,9-10,12-13H2,(H,24,25,26). The molecule has 0 aliphatic carbocycles. The fourth-order valence-corrected chi connectivity index (χ4v) is 4.29. The fourth-order valence-electron chi connectivity index (χ4n) is 4.29. The summed E-state index contributed by atoms with van der Waals surface area (Å²) in [7, 11) is 0. The van der Waals surface area contributed by atoms with E-state index in [0.717, 1.165) is 62.6 Å². The van der Waals surface area contributed by atoms with Crippen molar-refractivity contribution in [2.75, 3.05) is 41.4 Å². The molecule has 0 bridgehead atoms. The van der Waals surface area contributed by atoms with Crippen molar-refractivity contribution in [3.8, 4) is 5.75 Å². The summed E-state index contributed by atoms with van der Waals surface area (Å²) in [5.41, 5.74) is 0.981. The van der Waals surface area contributed by atoms with Crippen LogP contribution in [0.5, 0.6) is 5.75 Å². The summed E-state index contributed by atoms with van der Waals surface area (Å²) in [4.78, 5) is 13.1. The van der Waals surface area contributed by atoms with E-state index >= 15 is 0 Å². The first kappa shape index (κ1) is 20.6. The van der Waals surface area contributed by atoms with Gasteiger partial charge in [0, 0.05) is 37.4 Å². The molecule has 9 heteroatoms. The van der Waals surface area contributed by atoms with Gasteiger partial charge in [0.2, 0.25) is 0 Å². The van der Waals surface area contributed by atoms with E-state index in [9.17, 15) is 13.9 Å². The zero-order valence-electron chi connectivity index (χ0n) is 16.8. The molecule has 0 amide bonds. The van der Waals surface area contributed by atoms with Crippen LogP contribution >= 0.6 is 0 Å². The van der Waals surface area contributed by atoms with Gasteiger partial charge < -0.3 is 25.0 Å². The highest BCUT2D eigenvalue weighted by Gasteiger charge is 2.26. The number of aliphatic hydroxyl groups excluding tert-OH is 1. The molecule has 2 atom stereocenters. The lowest BCUT2D eigenvalue weighted by atomic mass is 10.0. The van der Waals surface area contributed by atoms with Gasteiger partial charge >= 0.3 is 6.61 Å². The molecular formula is C21H27F2N5O2. The Labute approximate surface area is 174 Å². The number of aromatic nitrogens is 2. The minimum atomic E-state index is -2.81. The number of piperidine rings is 1. The third-order valence-corrected chi connectivity index (χ3v) is 5.74. The maximum absolute atomic E-state index is 12.3. The van der Waals surface area contributed by atoms with Crippen molar-refractivity contribution in [2.45, 2.75) is 44.4 Å². The summed E-state index contributed by atoms with van der Waals surface area (Å²) in [5, 5.41) is 13.1. The second kappa shape index (κ2) is 9.42. The predicted octanol–water partition coefficient (Wildman–Crippen LogP) is 3.12. The molecule has 2 fully saturated rings. The molecule has 2 aromatic rings. The number of nitrogens with one attached hydrogen (secondary N) is 1. The summed E-state index contributed by atoms with van der Waals surface area (Å²) in [6.07, 6.45) is 5.63. The molecule has 30 heavy (non-hydrogen) atoms. The summed E-state index contributed by atoms with van der Waals surface area (Å²) < 4.78 is 29.1. The average molecular weight is 419 g/mol. The van der Waals surface area contributed by atoms with Gasteiger partial charge in [0.15, 0.2) is 0 Å². The van der Waals surface area contributed by atoms with E-state index < -0.39 is 6.61 Å². The van der Waals surface area contributed by atoms with Crippen LogP contribution in [0.15, 0.2) is 36.7 Å². The second-order valence-electron chi connectivity index (χ2n) is 7.74. The maximum Gasteiger partial charge on any atom is 0.387 e. The number of halogens is 2. The Morgan fingerprint density at radius 3 is 2.70 bits per heavy atom. The van der Waals surface area contributed by atoms with Gasteiger partial charge in [-0.15, -0.1) is 0 Å². The Balaban J connectivity index is 1.39. The van der Waals surface area contributed by atoms with Crippen LogP contribution in [-0.2, 0) is 0 Å². The van der Waals surface area contributed by atoms with Crippen molar-refractivity contribution in [1.29, 1.82) is 0 Å². The van der Waals surface area contributed by atoms with Gasteiger partial charge in [-0.25, -0.2) is 9.97 Å². The monoisotopic (exact) mass is 419 g/mol. The number of ether oxygens (including phenoxy) is 1. The predicted molar refractivity (Wildman–Crippen MR) is 111 cm³/mol. The van der Waals surface area contributed by atoms with E-state index in [4.69, 9.17) is 0 Å². The van der Waals surface area contributed by atoms with Crippen molar-refractivity contribution >= 4 is 17.3 Å². The summed E-state index contributed by atoms with van der Waals surface area (Å²) in [5.74, 6) is 1.78. The second-order valence-corrected chi connectivity index (χ2v) is 7.74. The lowest BCUT2D eigenvalue weighted by Gasteiger charge is -2.35. The minimum Gasteiger partial charge on any atom is -0.435 e. The van der Waals surface area contributed by atoms with E-state index in [-0.39, 0.29) is 24.4 Å². The maximum atomic E-state index is 12.3. The SMILES string of the molecule is OCC1CCCN1c1cc(NC2CCCN(c3ccc(OC(F)F)cc3)C2)ncn1. The lowest BCUT2D eigenvalue weighted by molar-refractivity contribution is -0.0498. The third kappa shape index (κ3) is 4.89. The van der Waals surface area contributed by atoms with Gasteiger partial charge in [0.1, 0.15) is 23.7 Å². The smallest absolute Gasteiger partial charge is 0.387 e. The number of benzene rings is 1. The van der Waals surface area contributed by atoms with Crippen LogP contribution in [0.25, 0.3) is 0 Å². The Morgan fingerprint density at radius 2 is 1.93 bits per heavy atom. The van der Waals surface area contributed by atoms with Crippen LogP contribution in [0.4, 0.5) is 26.1 Å². The summed E-state index contributed by atoms with van der Waals surface area (Å²) in [6.45, 7) is -0.0910. The normalized spacial score (nSPS) is 21.9. The third-order valence-electron chi connectivity index (χ3n) is 5.74.